The lowest BCUT2D eigenvalue weighted by Gasteiger charge is -2.18. The second-order valence-corrected chi connectivity index (χ2v) is 5.07. The lowest BCUT2D eigenvalue weighted by Crippen LogP contribution is -2.30. The molecular formula is C13H18BrNO2. The highest BCUT2D eigenvalue weighted by Crippen LogP contribution is 2.12. The predicted molar refractivity (Wildman–Crippen MR) is 72.2 cm³/mol. The van der Waals surface area contributed by atoms with E-state index in [9.17, 15) is 4.79 Å². The van der Waals surface area contributed by atoms with Gasteiger partial charge in [0.15, 0.2) is 0 Å². The summed E-state index contributed by atoms with van der Waals surface area (Å²) in [5, 5.41) is 0. The zero-order chi connectivity index (χ0) is 12.8. The molecule has 0 aromatic heterocycles. The maximum Gasteiger partial charge on any atom is 0.253 e. The molecule has 0 aliphatic rings. The van der Waals surface area contributed by atoms with Crippen molar-refractivity contribution >= 4 is 21.8 Å². The minimum atomic E-state index is 0.0126. The lowest BCUT2D eigenvalue weighted by molar-refractivity contribution is 0.0532. The molecule has 0 radical (unpaired) electrons. The van der Waals surface area contributed by atoms with Crippen LogP contribution in [0.1, 0.15) is 24.2 Å². The van der Waals surface area contributed by atoms with E-state index in [0.29, 0.717) is 18.7 Å². The van der Waals surface area contributed by atoms with E-state index in [4.69, 9.17) is 4.74 Å². The maximum atomic E-state index is 12.0. The van der Waals surface area contributed by atoms with Crippen LogP contribution >= 0.6 is 15.9 Å². The van der Waals surface area contributed by atoms with Crippen molar-refractivity contribution in [2.45, 2.75) is 20.0 Å². The Hall–Kier alpha value is -0.870. The number of hydrogen-bond acceptors (Lipinski definition) is 2. The molecule has 0 bridgehead atoms. The third-order valence-electron chi connectivity index (χ3n) is 2.30. The number of hydrogen-bond donors (Lipinski definition) is 0. The Kier molecular flexibility index (Phi) is 5.65. The second kappa shape index (κ2) is 6.77. The highest BCUT2D eigenvalue weighted by atomic mass is 79.9. The Bertz CT molecular complexity index is 379. The Morgan fingerprint density at radius 1 is 1.47 bits per heavy atom. The van der Waals surface area contributed by atoms with E-state index in [1.54, 1.807) is 11.9 Å². The van der Waals surface area contributed by atoms with Crippen LogP contribution in [-0.4, -0.2) is 37.1 Å². The van der Waals surface area contributed by atoms with Crippen LogP contribution in [0.4, 0.5) is 0 Å². The molecule has 0 spiro atoms. The van der Waals surface area contributed by atoms with Gasteiger partial charge in [0.2, 0.25) is 0 Å². The summed E-state index contributed by atoms with van der Waals surface area (Å²) in [6.45, 7) is 5.13. The summed E-state index contributed by atoms with van der Waals surface area (Å²) in [4.78, 5) is 13.7. The summed E-state index contributed by atoms with van der Waals surface area (Å²) < 4.78 is 6.33. The van der Waals surface area contributed by atoms with Gasteiger partial charge in [0.05, 0.1) is 12.7 Å². The van der Waals surface area contributed by atoms with Crippen molar-refractivity contribution in [2.75, 3.05) is 20.2 Å². The molecule has 0 saturated heterocycles. The molecule has 1 amide bonds. The SMILES string of the molecule is CC(C)OCCN(C)C(=O)c1cccc(Br)c1. The molecule has 1 aromatic carbocycles. The van der Waals surface area contributed by atoms with Crippen molar-refractivity contribution in [3.05, 3.63) is 34.3 Å². The first-order chi connectivity index (χ1) is 8.00. The first-order valence-electron chi connectivity index (χ1n) is 5.63. The fourth-order valence-electron chi connectivity index (χ4n) is 1.37. The average molecular weight is 300 g/mol. The number of halogens is 1. The van der Waals surface area contributed by atoms with E-state index >= 15 is 0 Å². The van der Waals surface area contributed by atoms with E-state index in [1.807, 2.05) is 38.1 Å². The van der Waals surface area contributed by atoms with Gasteiger partial charge >= 0.3 is 0 Å². The van der Waals surface area contributed by atoms with Crippen molar-refractivity contribution in [3.8, 4) is 0 Å². The number of carbonyl (C=O) groups excluding carboxylic acids is 1. The number of amides is 1. The molecule has 0 unspecified atom stereocenters. The van der Waals surface area contributed by atoms with Gasteiger partial charge in [-0.3, -0.25) is 4.79 Å². The first-order valence-corrected chi connectivity index (χ1v) is 6.42. The fraction of sp³-hybridized carbons (Fsp3) is 0.462. The van der Waals surface area contributed by atoms with Gasteiger partial charge in [-0.15, -0.1) is 0 Å². The molecule has 0 heterocycles. The van der Waals surface area contributed by atoms with Gasteiger partial charge in [-0.05, 0) is 32.0 Å². The molecule has 0 aliphatic carbocycles. The Balaban J connectivity index is 2.52. The molecule has 1 rings (SSSR count). The number of benzene rings is 1. The van der Waals surface area contributed by atoms with E-state index in [-0.39, 0.29) is 12.0 Å². The third-order valence-corrected chi connectivity index (χ3v) is 2.79. The third kappa shape index (κ3) is 4.88. The molecule has 0 N–H and O–H groups in total. The zero-order valence-electron chi connectivity index (χ0n) is 10.4. The van der Waals surface area contributed by atoms with Gasteiger partial charge in [-0.1, -0.05) is 22.0 Å². The Labute approximate surface area is 111 Å². The van der Waals surface area contributed by atoms with Crippen molar-refractivity contribution in [1.82, 2.24) is 4.90 Å². The number of carbonyl (C=O) groups is 1. The van der Waals surface area contributed by atoms with E-state index in [0.717, 1.165) is 4.47 Å². The van der Waals surface area contributed by atoms with Crippen LogP contribution in [-0.2, 0) is 4.74 Å². The minimum Gasteiger partial charge on any atom is -0.377 e. The topological polar surface area (TPSA) is 29.5 Å². The molecule has 0 atom stereocenters. The van der Waals surface area contributed by atoms with Gasteiger partial charge in [-0.2, -0.15) is 0 Å². The lowest BCUT2D eigenvalue weighted by atomic mass is 10.2. The highest BCUT2D eigenvalue weighted by Gasteiger charge is 2.11. The molecule has 1 aromatic rings. The van der Waals surface area contributed by atoms with Crippen LogP contribution in [0.5, 0.6) is 0 Å². The number of ether oxygens (including phenoxy) is 1. The molecule has 0 saturated carbocycles. The molecular weight excluding hydrogens is 282 g/mol. The van der Waals surface area contributed by atoms with Crippen molar-refractivity contribution in [2.24, 2.45) is 0 Å². The van der Waals surface area contributed by atoms with E-state index in [1.165, 1.54) is 0 Å². The second-order valence-electron chi connectivity index (χ2n) is 4.16. The Morgan fingerprint density at radius 2 is 2.18 bits per heavy atom. The van der Waals surface area contributed by atoms with Crippen LogP contribution in [0.3, 0.4) is 0 Å². The zero-order valence-corrected chi connectivity index (χ0v) is 12.0. The fourth-order valence-corrected chi connectivity index (χ4v) is 1.77. The largest absolute Gasteiger partial charge is 0.377 e. The van der Waals surface area contributed by atoms with Crippen LogP contribution in [0, 0.1) is 0 Å². The summed E-state index contributed by atoms with van der Waals surface area (Å²) in [6.07, 6.45) is 0.198. The smallest absolute Gasteiger partial charge is 0.253 e. The van der Waals surface area contributed by atoms with Crippen molar-refractivity contribution < 1.29 is 9.53 Å². The van der Waals surface area contributed by atoms with E-state index < -0.39 is 0 Å². The molecule has 3 nitrogen and oxygen atoms in total. The molecule has 4 heteroatoms. The first kappa shape index (κ1) is 14.2. The van der Waals surface area contributed by atoms with Gasteiger partial charge in [0, 0.05) is 23.6 Å². The summed E-state index contributed by atoms with van der Waals surface area (Å²) in [7, 11) is 1.78. The molecule has 94 valence electrons. The summed E-state index contributed by atoms with van der Waals surface area (Å²) in [5.41, 5.74) is 0.687. The standard InChI is InChI=1S/C13H18BrNO2/c1-10(2)17-8-7-15(3)13(16)11-5-4-6-12(14)9-11/h4-6,9-10H,7-8H2,1-3H3. The normalized spacial score (nSPS) is 10.6. The summed E-state index contributed by atoms with van der Waals surface area (Å²) in [5.74, 6) is 0.0126. The summed E-state index contributed by atoms with van der Waals surface area (Å²) in [6, 6.07) is 7.39. The van der Waals surface area contributed by atoms with E-state index in [2.05, 4.69) is 15.9 Å². The van der Waals surface area contributed by atoms with Crippen LogP contribution in [0.25, 0.3) is 0 Å². The van der Waals surface area contributed by atoms with Crippen molar-refractivity contribution in [1.29, 1.82) is 0 Å². The quantitative estimate of drug-likeness (QED) is 0.836. The van der Waals surface area contributed by atoms with Gasteiger partial charge in [0.25, 0.3) is 5.91 Å². The maximum absolute atomic E-state index is 12.0. The van der Waals surface area contributed by atoms with Gasteiger partial charge in [0.1, 0.15) is 0 Å². The minimum absolute atomic E-state index is 0.0126. The van der Waals surface area contributed by atoms with Gasteiger partial charge < -0.3 is 9.64 Å². The van der Waals surface area contributed by atoms with Crippen molar-refractivity contribution in [3.63, 3.8) is 0 Å². The van der Waals surface area contributed by atoms with Crippen LogP contribution in [0.15, 0.2) is 28.7 Å². The Morgan fingerprint density at radius 3 is 2.76 bits per heavy atom. The number of nitrogens with zero attached hydrogens (tertiary/aromatic N) is 1. The number of rotatable bonds is 5. The molecule has 17 heavy (non-hydrogen) atoms. The van der Waals surface area contributed by atoms with Gasteiger partial charge in [-0.25, -0.2) is 0 Å². The average Bonchev–Trinajstić information content (AvgIpc) is 2.27. The predicted octanol–water partition coefficient (Wildman–Crippen LogP) is 2.95. The van der Waals surface area contributed by atoms with Crippen LogP contribution < -0.4 is 0 Å². The highest BCUT2D eigenvalue weighted by molar-refractivity contribution is 9.10. The molecule has 0 aliphatic heterocycles. The molecule has 0 fully saturated rings. The van der Waals surface area contributed by atoms with Crippen LogP contribution in [0.2, 0.25) is 0 Å². The summed E-state index contributed by atoms with van der Waals surface area (Å²) >= 11 is 3.36. The number of likely N-dealkylation sites (N-methyl/N-ethyl adjacent to an activating group) is 1. The monoisotopic (exact) mass is 299 g/mol.